The first kappa shape index (κ1) is 19.8. The van der Waals surface area contributed by atoms with Crippen LogP contribution in [0, 0.1) is 5.92 Å². The van der Waals surface area contributed by atoms with Crippen molar-refractivity contribution in [3.8, 4) is 0 Å². The molecule has 2 saturated heterocycles. The second-order valence-corrected chi connectivity index (χ2v) is 8.19. The highest BCUT2D eigenvalue weighted by Gasteiger charge is 2.16. The van der Waals surface area contributed by atoms with Crippen LogP contribution < -0.4 is 15.1 Å². The van der Waals surface area contributed by atoms with Gasteiger partial charge in [0.1, 0.15) is 0 Å². The quantitative estimate of drug-likeness (QED) is 0.842. The van der Waals surface area contributed by atoms with Gasteiger partial charge in [0.2, 0.25) is 0 Å². The second-order valence-electron chi connectivity index (χ2n) is 8.19. The molecule has 2 heterocycles. The molecular formula is C24H31N3O2. The predicted molar refractivity (Wildman–Crippen MR) is 118 cm³/mol. The van der Waals surface area contributed by atoms with Crippen LogP contribution in [0.25, 0.3) is 0 Å². The molecule has 1 N–H and O–H groups in total. The Balaban J connectivity index is 1.30. The smallest absolute Gasteiger partial charge is 0.251 e. The number of hydrogen-bond acceptors (Lipinski definition) is 4. The third kappa shape index (κ3) is 5.10. The van der Waals surface area contributed by atoms with Gasteiger partial charge in [-0.25, -0.2) is 0 Å². The number of piperidine rings is 1. The fraction of sp³-hybridized carbons (Fsp3) is 0.458. The maximum atomic E-state index is 12.5. The van der Waals surface area contributed by atoms with Crippen LogP contribution >= 0.6 is 0 Å². The first-order chi connectivity index (χ1) is 14.2. The summed E-state index contributed by atoms with van der Waals surface area (Å²) in [6.45, 7) is 8.47. The van der Waals surface area contributed by atoms with Crippen molar-refractivity contribution in [1.29, 1.82) is 0 Å². The topological polar surface area (TPSA) is 44.8 Å². The molecular weight excluding hydrogens is 362 g/mol. The van der Waals surface area contributed by atoms with E-state index in [1.807, 2.05) is 24.3 Å². The summed E-state index contributed by atoms with van der Waals surface area (Å²) in [6, 6.07) is 16.4. The zero-order valence-corrected chi connectivity index (χ0v) is 17.3. The summed E-state index contributed by atoms with van der Waals surface area (Å²) in [4.78, 5) is 17.3. The summed E-state index contributed by atoms with van der Waals surface area (Å²) in [6.07, 6.45) is 2.59. The molecule has 1 unspecified atom stereocenters. The number of ether oxygens (including phenoxy) is 1. The molecule has 29 heavy (non-hydrogen) atoms. The van der Waals surface area contributed by atoms with Crippen LogP contribution in [0.1, 0.15) is 35.7 Å². The predicted octanol–water partition coefficient (Wildman–Crippen LogP) is 3.69. The summed E-state index contributed by atoms with van der Waals surface area (Å²) >= 11 is 0. The van der Waals surface area contributed by atoms with E-state index >= 15 is 0 Å². The van der Waals surface area contributed by atoms with Gasteiger partial charge in [-0.1, -0.05) is 19.1 Å². The van der Waals surface area contributed by atoms with E-state index in [0.29, 0.717) is 12.1 Å². The maximum Gasteiger partial charge on any atom is 0.251 e. The Labute approximate surface area is 173 Å². The molecule has 0 aliphatic carbocycles. The number of rotatable bonds is 5. The SMILES string of the molecule is CC1CCCN(c2ccc(CNC(=O)c3ccc(N4CCOCC4)cc3)cc2)C1. The molecule has 1 amide bonds. The Hall–Kier alpha value is -2.53. The molecule has 5 heteroatoms. The summed E-state index contributed by atoms with van der Waals surface area (Å²) in [5, 5.41) is 3.03. The van der Waals surface area contributed by atoms with Crippen LogP contribution in [0.15, 0.2) is 48.5 Å². The van der Waals surface area contributed by atoms with Crippen LogP contribution in [0.3, 0.4) is 0 Å². The third-order valence-electron chi connectivity index (χ3n) is 5.92. The molecule has 2 fully saturated rings. The van der Waals surface area contributed by atoms with Gasteiger partial charge in [0.25, 0.3) is 5.91 Å². The van der Waals surface area contributed by atoms with Crippen molar-refractivity contribution < 1.29 is 9.53 Å². The van der Waals surface area contributed by atoms with Gasteiger partial charge in [-0.05, 0) is 60.7 Å². The van der Waals surface area contributed by atoms with Gasteiger partial charge in [-0.15, -0.1) is 0 Å². The number of morpholine rings is 1. The number of carbonyl (C=O) groups excluding carboxylic acids is 1. The van der Waals surface area contributed by atoms with E-state index in [9.17, 15) is 4.79 Å². The first-order valence-electron chi connectivity index (χ1n) is 10.7. The Morgan fingerprint density at radius 2 is 1.62 bits per heavy atom. The average Bonchev–Trinajstić information content (AvgIpc) is 2.78. The molecule has 0 bridgehead atoms. The van der Waals surface area contributed by atoms with Gasteiger partial charge in [0.05, 0.1) is 13.2 Å². The van der Waals surface area contributed by atoms with Gasteiger partial charge in [-0.2, -0.15) is 0 Å². The lowest BCUT2D eigenvalue weighted by atomic mass is 9.99. The van der Waals surface area contributed by atoms with Crippen molar-refractivity contribution in [2.24, 2.45) is 5.92 Å². The van der Waals surface area contributed by atoms with Crippen molar-refractivity contribution in [3.63, 3.8) is 0 Å². The lowest BCUT2D eigenvalue weighted by molar-refractivity contribution is 0.0951. The van der Waals surface area contributed by atoms with Gasteiger partial charge >= 0.3 is 0 Å². The molecule has 0 radical (unpaired) electrons. The van der Waals surface area contributed by atoms with E-state index in [-0.39, 0.29) is 5.91 Å². The number of amides is 1. The molecule has 2 aromatic rings. The molecule has 2 aromatic carbocycles. The Kier molecular flexibility index (Phi) is 6.35. The minimum Gasteiger partial charge on any atom is -0.378 e. The standard InChI is InChI=1S/C24H31N3O2/c1-19-3-2-12-27(18-19)23-8-4-20(5-9-23)17-25-24(28)21-6-10-22(11-7-21)26-13-15-29-16-14-26/h4-11,19H,2-3,12-18H2,1H3,(H,25,28). The molecule has 2 aliphatic heterocycles. The van der Waals surface area contributed by atoms with E-state index < -0.39 is 0 Å². The monoisotopic (exact) mass is 393 g/mol. The van der Waals surface area contributed by atoms with E-state index in [0.717, 1.165) is 56.6 Å². The summed E-state index contributed by atoms with van der Waals surface area (Å²) in [5.41, 5.74) is 4.25. The number of carbonyl (C=O) groups is 1. The van der Waals surface area contributed by atoms with Gasteiger partial charge < -0.3 is 19.9 Å². The fourth-order valence-electron chi connectivity index (χ4n) is 4.18. The Bertz CT molecular complexity index is 798. The van der Waals surface area contributed by atoms with Crippen LogP contribution in [0.2, 0.25) is 0 Å². The van der Waals surface area contributed by atoms with E-state index in [1.54, 1.807) is 0 Å². The van der Waals surface area contributed by atoms with Crippen molar-refractivity contribution in [2.45, 2.75) is 26.3 Å². The Morgan fingerprint density at radius 3 is 2.31 bits per heavy atom. The number of benzene rings is 2. The van der Waals surface area contributed by atoms with E-state index in [2.05, 4.69) is 46.3 Å². The molecule has 4 rings (SSSR count). The third-order valence-corrected chi connectivity index (χ3v) is 5.92. The molecule has 2 aliphatic rings. The molecule has 0 saturated carbocycles. The maximum absolute atomic E-state index is 12.5. The van der Waals surface area contributed by atoms with Crippen LogP contribution in [-0.2, 0) is 11.3 Å². The fourth-order valence-corrected chi connectivity index (χ4v) is 4.18. The molecule has 5 nitrogen and oxygen atoms in total. The van der Waals surface area contributed by atoms with Crippen LogP contribution in [-0.4, -0.2) is 45.3 Å². The van der Waals surface area contributed by atoms with Gasteiger partial charge in [-0.3, -0.25) is 4.79 Å². The largest absolute Gasteiger partial charge is 0.378 e. The highest BCUT2D eigenvalue weighted by molar-refractivity contribution is 5.94. The highest BCUT2D eigenvalue weighted by atomic mass is 16.5. The number of nitrogens with zero attached hydrogens (tertiary/aromatic N) is 2. The summed E-state index contributed by atoms with van der Waals surface area (Å²) in [5.74, 6) is 0.727. The number of nitrogens with one attached hydrogen (secondary N) is 1. The van der Waals surface area contributed by atoms with Crippen molar-refractivity contribution in [1.82, 2.24) is 5.32 Å². The van der Waals surface area contributed by atoms with Crippen molar-refractivity contribution >= 4 is 17.3 Å². The number of anilines is 2. The molecule has 0 spiro atoms. The molecule has 154 valence electrons. The second kappa shape index (κ2) is 9.31. The van der Waals surface area contributed by atoms with E-state index in [4.69, 9.17) is 4.74 Å². The van der Waals surface area contributed by atoms with Gasteiger partial charge in [0, 0.05) is 49.7 Å². The molecule has 1 atom stereocenters. The van der Waals surface area contributed by atoms with Crippen LogP contribution in [0.4, 0.5) is 11.4 Å². The van der Waals surface area contributed by atoms with Crippen molar-refractivity contribution in [2.75, 3.05) is 49.2 Å². The van der Waals surface area contributed by atoms with E-state index in [1.165, 1.54) is 18.5 Å². The summed E-state index contributed by atoms with van der Waals surface area (Å²) < 4.78 is 5.40. The summed E-state index contributed by atoms with van der Waals surface area (Å²) in [7, 11) is 0. The minimum absolute atomic E-state index is 0.0348. The lowest BCUT2D eigenvalue weighted by Gasteiger charge is -2.32. The zero-order valence-electron chi connectivity index (χ0n) is 17.3. The minimum atomic E-state index is -0.0348. The van der Waals surface area contributed by atoms with Crippen molar-refractivity contribution in [3.05, 3.63) is 59.7 Å². The zero-order chi connectivity index (χ0) is 20.1. The first-order valence-corrected chi connectivity index (χ1v) is 10.7. The number of hydrogen-bond donors (Lipinski definition) is 1. The van der Waals surface area contributed by atoms with Crippen LogP contribution in [0.5, 0.6) is 0 Å². The lowest BCUT2D eigenvalue weighted by Crippen LogP contribution is -2.36. The molecule has 0 aromatic heterocycles. The average molecular weight is 394 g/mol. The van der Waals surface area contributed by atoms with Gasteiger partial charge in [0.15, 0.2) is 0 Å². The Morgan fingerprint density at radius 1 is 0.966 bits per heavy atom. The normalized spacial score (nSPS) is 19.8. The highest BCUT2D eigenvalue weighted by Crippen LogP contribution is 2.23.